The van der Waals surface area contributed by atoms with Crippen LogP contribution in [0.2, 0.25) is 0 Å². The maximum Gasteiger partial charge on any atom is 0.191 e. The standard InChI is InChI=1S/C26H38N4O2/c1-4-31-15-16-32-20-23-10-7-9-22(17-23)19-28-26(27-3)29-21(2)24-11-8-12-25(18-24)30-13-5-6-14-30/h7-12,17-18,21H,4-6,13-16,19-20H2,1-3H3,(H2,27,28,29). The van der Waals surface area contributed by atoms with Crippen molar-refractivity contribution in [3.8, 4) is 0 Å². The van der Waals surface area contributed by atoms with Gasteiger partial charge in [-0.3, -0.25) is 4.99 Å². The molecule has 0 bridgehead atoms. The van der Waals surface area contributed by atoms with E-state index >= 15 is 0 Å². The van der Waals surface area contributed by atoms with Gasteiger partial charge in [0.05, 0.1) is 25.9 Å². The number of aliphatic imine (C=N–C) groups is 1. The Kier molecular flexibility index (Phi) is 9.85. The van der Waals surface area contributed by atoms with E-state index in [0.29, 0.717) is 26.4 Å². The minimum Gasteiger partial charge on any atom is -0.379 e. The molecule has 6 nitrogen and oxygen atoms in total. The van der Waals surface area contributed by atoms with E-state index in [4.69, 9.17) is 9.47 Å². The first-order valence-corrected chi connectivity index (χ1v) is 11.7. The second-order valence-electron chi connectivity index (χ2n) is 8.15. The first-order chi connectivity index (χ1) is 15.7. The molecule has 32 heavy (non-hydrogen) atoms. The van der Waals surface area contributed by atoms with Crippen LogP contribution < -0.4 is 15.5 Å². The fourth-order valence-corrected chi connectivity index (χ4v) is 3.92. The molecule has 1 aliphatic heterocycles. The van der Waals surface area contributed by atoms with Crippen molar-refractivity contribution in [1.29, 1.82) is 0 Å². The van der Waals surface area contributed by atoms with E-state index < -0.39 is 0 Å². The second-order valence-corrected chi connectivity index (χ2v) is 8.15. The molecule has 1 unspecified atom stereocenters. The summed E-state index contributed by atoms with van der Waals surface area (Å²) in [6.07, 6.45) is 2.57. The average molecular weight is 439 g/mol. The average Bonchev–Trinajstić information content (AvgIpc) is 3.37. The first-order valence-electron chi connectivity index (χ1n) is 11.7. The molecule has 0 aliphatic carbocycles. The quantitative estimate of drug-likeness (QED) is 0.312. The predicted octanol–water partition coefficient (Wildman–Crippen LogP) is 4.27. The molecule has 0 spiro atoms. The molecule has 0 amide bonds. The number of guanidine groups is 1. The molecule has 6 heteroatoms. The zero-order chi connectivity index (χ0) is 22.6. The molecule has 1 atom stereocenters. The topological polar surface area (TPSA) is 58.1 Å². The van der Waals surface area contributed by atoms with Crippen LogP contribution in [0, 0.1) is 0 Å². The van der Waals surface area contributed by atoms with Gasteiger partial charge < -0.3 is 25.0 Å². The zero-order valence-corrected chi connectivity index (χ0v) is 19.8. The van der Waals surface area contributed by atoms with Gasteiger partial charge in [0.2, 0.25) is 0 Å². The summed E-state index contributed by atoms with van der Waals surface area (Å²) in [6, 6.07) is 17.4. The third-order valence-electron chi connectivity index (χ3n) is 5.71. The van der Waals surface area contributed by atoms with Gasteiger partial charge >= 0.3 is 0 Å². The Bertz CT molecular complexity index is 849. The summed E-state index contributed by atoms with van der Waals surface area (Å²) in [7, 11) is 1.81. The van der Waals surface area contributed by atoms with E-state index in [0.717, 1.165) is 31.2 Å². The summed E-state index contributed by atoms with van der Waals surface area (Å²) in [6.45, 7) is 9.76. The highest BCUT2D eigenvalue weighted by Crippen LogP contribution is 2.24. The molecule has 0 saturated carbocycles. The SMILES string of the molecule is CCOCCOCc1cccc(CNC(=NC)NC(C)c2cccc(N3CCCC3)c2)c1. The van der Waals surface area contributed by atoms with Crippen molar-refractivity contribution in [2.24, 2.45) is 4.99 Å². The van der Waals surface area contributed by atoms with Crippen LogP contribution >= 0.6 is 0 Å². The highest BCUT2D eigenvalue weighted by molar-refractivity contribution is 5.80. The van der Waals surface area contributed by atoms with Gasteiger partial charge in [0.1, 0.15) is 0 Å². The lowest BCUT2D eigenvalue weighted by Gasteiger charge is -2.22. The van der Waals surface area contributed by atoms with E-state index in [1.54, 1.807) is 0 Å². The third-order valence-corrected chi connectivity index (χ3v) is 5.71. The van der Waals surface area contributed by atoms with Gasteiger partial charge in [0, 0.05) is 39.0 Å². The lowest BCUT2D eigenvalue weighted by atomic mass is 10.1. The van der Waals surface area contributed by atoms with Crippen LogP contribution in [0.4, 0.5) is 5.69 Å². The number of hydrogen-bond acceptors (Lipinski definition) is 4. The largest absolute Gasteiger partial charge is 0.379 e. The van der Waals surface area contributed by atoms with E-state index in [9.17, 15) is 0 Å². The lowest BCUT2D eigenvalue weighted by Crippen LogP contribution is -2.38. The Morgan fingerprint density at radius 3 is 2.56 bits per heavy atom. The maximum absolute atomic E-state index is 5.69. The molecule has 2 aromatic carbocycles. The number of hydrogen-bond donors (Lipinski definition) is 2. The maximum atomic E-state index is 5.69. The normalized spacial score (nSPS) is 15.1. The highest BCUT2D eigenvalue weighted by Gasteiger charge is 2.14. The number of nitrogens with one attached hydrogen (secondary N) is 2. The van der Waals surface area contributed by atoms with Crippen LogP contribution in [0.3, 0.4) is 0 Å². The third kappa shape index (κ3) is 7.53. The molecule has 1 fully saturated rings. The first kappa shape index (κ1) is 24.1. The molecule has 2 aromatic rings. The monoisotopic (exact) mass is 438 g/mol. The molecule has 174 valence electrons. The number of rotatable bonds is 11. The minimum absolute atomic E-state index is 0.161. The van der Waals surface area contributed by atoms with E-state index in [1.165, 1.54) is 29.7 Å². The molecule has 2 N–H and O–H groups in total. The summed E-state index contributed by atoms with van der Waals surface area (Å²) in [5.74, 6) is 0.794. The Morgan fingerprint density at radius 2 is 1.78 bits per heavy atom. The van der Waals surface area contributed by atoms with Crippen LogP contribution in [-0.2, 0) is 22.6 Å². The number of ether oxygens (including phenoxy) is 2. The van der Waals surface area contributed by atoms with Crippen molar-refractivity contribution in [3.05, 3.63) is 65.2 Å². The second kappa shape index (κ2) is 13.1. The zero-order valence-electron chi connectivity index (χ0n) is 19.8. The summed E-state index contributed by atoms with van der Waals surface area (Å²) >= 11 is 0. The molecular formula is C26H38N4O2. The fourth-order valence-electron chi connectivity index (χ4n) is 3.92. The van der Waals surface area contributed by atoms with Gasteiger partial charge in [-0.2, -0.15) is 0 Å². The van der Waals surface area contributed by atoms with Gasteiger partial charge in [-0.05, 0) is 55.5 Å². The molecule has 1 heterocycles. The summed E-state index contributed by atoms with van der Waals surface area (Å²) in [4.78, 5) is 6.88. The Morgan fingerprint density at radius 1 is 1.03 bits per heavy atom. The molecular weight excluding hydrogens is 400 g/mol. The Balaban J connectivity index is 1.49. The van der Waals surface area contributed by atoms with E-state index in [1.807, 2.05) is 14.0 Å². The van der Waals surface area contributed by atoms with E-state index in [-0.39, 0.29) is 6.04 Å². The number of benzene rings is 2. The highest BCUT2D eigenvalue weighted by atomic mass is 16.5. The van der Waals surface area contributed by atoms with Crippen LogP contribution in [0.5, 0.6) is 0 Å². The Hall–Kier alpha value is -2.57. The molecule has 3 rings (SSSR count). The molecule has 0 aromatic heterocycles. The molecule has 1 saturated heterocycles. The van der Waals surface area contributed by atoms with Gasteiger partial charge in [0.25, 0.3) is 0 Å². The lowest BCUT2D eigenvalue weighted by molar-refractivity contribution is 0.0453. The fraction of sp³-hybridized carbons (Fsp3) is 0.500. The van der Waals surface area contributed by atoms with Crippen molar-refractivity contribution in [2.45, 2.75) is 45.9 Å². The van der Waals surface area contributed by atoms with Gasteiger partial charge in [-0.1, -0.05) is 36.4 Å². The molecule has 0 radical (unpaired) electrons. The summed E-state index contributed by atoms with van der Waals surface area (Å²) < 4.78 is 11.0. The van der Waals surface area contributed by atoms with E-state index in [2.05, 4.69) is 76.0 Å². The van der Waals surface area contributed by atoms with Crippen LogP contribution in [0.1, 0.15) is 49.4 Å². The van der Waals surface area contributed by atoms with Crippen LogP contribution in [-0.4, -0.2) is 45.9 Å². The summed E-state index contributed by atoms with van der Waals surface area (Å²) in [5, 5.41) is 6.96. The van der Waals surface area contributed by atoms with Crippen molar-refractivity contribution >= 4 is 11.6 Å². The smallest absolute Gasteiger partial charge is 0.191 e. The van der Waals surface area contributed by atoms with Crippen LogP contribution in [0.15, 0.2) is 53.5 Å². The van der Waals surface area contributed by atoms with Gasteiger partial charge in [0.15, 0.2) is 5.96 Å². The van der Waals surface area contributed by atoms with Gasteiger partial charge in [-0.15, -0.1) is 0 Å². The van der Waals surface area contributed by atoms with Crippen molar-refractivity contribution in [1.82, 2.24) is 10.6 Å². The molecule has 1 aliphatic rings. The predicted molar refractivity (Wildman–Crippen MR) is 132 cm³/mol. The van der Waals surface area contributed by atoms with Crippen LogP contribution in [0.25, 0.3) is 0 Å². The summed E-state index contributed by atoms with van der Waals surface area (Å²) in [5.41, 5.74) is 4.94. The number of anilines is 1. The van der Waals surface area contributed by atoms with Crippen molar-refractivity contribution in [3.63, 3.8) is 0 Å². The Labute approximate surface area is 193 Å². The van der Waals surface area contributed by atoms with Crippen molar-refractivity contribution in [2.75, 3.05) is 44.9 Å². The van der Waals surface area contributed by atoms with Gasteiger partial charge in [-0.25, -0.2) is 0 Å². The number of nitrogens with zero attached hydrogens (tertiary/aromatic N) is 2. The van der Waals surface area contributed by atoms with Crippen molar-refractivity contribution < 1.29 is 9.47 Å². The minimum atomic E-state index is 0.161.